The van der Waals surface area contributed by atoms with Crippen molar-refractivity contribution >= 4 is 57.3 Å². The standard InChI is InChI=1S/C36H34N4OSi.Pt/c1-25-20-21-37-35(22-25)38-31-15-8-7-14-29(31)30-19-18-28(24-34(30)38)42(5,6)27-13-11-12-26(23-27)39-32-16-9-10-17-33(32)40(41-39)36(2,3)4;/h7-22H,1-6H3;/q-2;/p+1. The topological polar surface area (TPSA) is 37.1 Å². The SMILES string of the molecule is Cc1ccnc(-n2c3[c-]c([Si](C)(C)c4[c-]c(N5[OH+]N(C(C)(C)C)c6ccccc65)ccc4)ccc3c3ccccc32)c1.[Pt]. The Labute approximate surface area is 268 Å². The molecule has 3 heterocycles. The molecule has 5 nitrogen and oxygen atoms in total. The summed E-state index contributed by atoms with van der Waals surface area (Å²) in [6.07, 6.45) is 1.89. The molecule has 2 aromatic heterocycles. The van der Waals surface area contributed by atoms with E-state index in [2.05, 4.69) is 147 Å². The Morgan fingerprint density at radius 3 is 2.26 bits per heavy atom. The molecular formula is C36H35N4OPtSi-. The van der Waals surface area contributed by atoms with E-state index < -0.39 is 8.07 Å². The van der Waals surface area contributed by atoms with E-state index in [4.69, 9.17) is 9.92 Å². The van der Waals surface area contributed by atoms with Gasteiger partial charge in [0.2, 0.25) is 0 Å². The van der Waals surface area contributed by atoms with Crippen LogP contribution in [0.4, 0.5) is 17.1 Å². The summed E-state index contributed by atoms with van der Waals surface area (Å²) in [5, 5.41) is 8.98. The molecule has 0 atom stereocenters. The van der Waals surface area contributed by atoms with Gasteiger partial charge in [0.1, 0.15) is 22.7 Å². The second-order valence-electron chi connectivity index (χ2n) is 12.6. The molecule has 0 unspecified atom stereocenters. The van der Waals surface area contributed by atoms with Crippen molar-refractivity contribution in [2.24, 2.45) is 0 Å². The maximum atomic E-state index is 5.04. The van der Waals surface area contributed by atoms with Crippen LogP contribution in [-0.2, 0) is 21.1 Å². The van der Waals surface area contributed by atoms with E-state index in [9.17, 15) is 0 Å². The number of benzene rings is 4. The van der Waals surface area contributed by atoms with Crippen LogP contribution in [0, 0.1) is 19.1 Å². The minimum atomic E-state index is -2.21. The first kappa shape index (κ1) is 29.4. The Kier molecular flexibility index (Phi) is 7.36. The summed E-state index contributed by atoms with van der Waals surface area (Å²) in [6.45, 7) is 13.4. The number of rotatable bonds is 4. The first-order valence-corrected chi connectivity index (χ1v) is 17.5. The van der Waals surface area contributed by atoms with Gasteiger partial charge in [0.05, 0.1) is 8.07 Å². The summed E-state index contributed by atoms with van der Waals surface area (Å²) in [5.41, 5.74) is 6.37. The molecule has 1 aliphatic heterocycles. The molecule has 0 aliphatic carbocycles. The van der Waals surface area contributed by atoms with Crippen LogP contribution < -0.4 is 20.5 Å². The first-order valence-electron chi connectivity index (χ1n) is 14.5. The molecule has 0 bridgehead atoms. The number of nitrogens with zero attached hydrogens (tertiary/aromatic N) is 4. The van der Waals surface area contributed by atoms with Crippen LogP contribution in [0.1, 0.15) is 26.3 Å². The Bertz CT molecular complexity index is 1980. The molecule has 1 aliphatic rings. The molecule has 0 spiro atoms. The monoisotopic (exact) mass is 762 g/mol. The third-order valence-corrected chi connectivity index (χ3v) is 11.5. The van der Waals surface area contributed by atoms with E-state index in [-0.39, 0.29) is 26.6 Å². The molecule has 0 saturated heterocycles. The van der Waals surface area contributed by atoms with E-state index in [1.54, 1.807) is 0 Å². The van der Waals surface area contributed by atoms with Gasteiger partial charge < -0.3 is 4.57 Å². The molecule has 0 radical (unpaired) electrons. The van der Waals surface area contributed by atoms with Crippen molar-refractivity contribution in [1.82, 2.24) is 9.55 Å². The minimum absolute atomic E-state index is 0. The number of anilines is 3. The number of aromatic nitrogens is 2. The fraction of sp³-hybridized carbons (Fsp3) is 0.194. The van der Waals surface area contributed by atoms with Gasteiger partial charge in [-0.15, -0.1) is 21.6 Å². The molecule has 7 rings (SSSR count). The Morgan fingerprint density at radius 2 is 1.49 bits per heavy atom. The predicted molar refractivity (Wildman–Crippen MR) is 177 cm³/mol. The van der Waals surface area contributed by atoms with Crippen molar-refractivity contribution in [3.63, 3.8) is 0 Å². The van der Waals surface area contributed by atoms with Crippen LogP contribution in [0.2, 0.25) is 13.1 Å². The predicted octanol–water partition coefficient (Wildman–Crippen LogP) is 7.50. The molecule has 1 N–H and O–H groups in total. The van der Waals surface area contributed by atoms with Crippen LogP contribution in [0.5, 0.6) is 0 Å². The van der Waals surface area contributed by atoms with Crippen molar-refractivity contribution in [3.8, 4) is 5.82 Å². The van der Waals surface area contributed by atoms with Crippen molar-refractivity contribution in [1.29, 1.82) is 0 Å². The first-order chi connectivity index (χ1) is 20.1. The number of aryl methyl sites for hydroxylation is 1. The quantitative estimate of drug-likeness (QED) is 0.106. The van der Waals surface area contributed by atoms with Crippen molar-refractivity contribution in [3.05, 3.63) is 115 Å². The second-order valence-corrected chi connectivity index (χ2v) is 17.0. The van der Waals surface area contributed by atoms with Gasteiger partial charge in [0.25, 0.3) is 0 Å². The largest absolute Gasteiger partial charge is 0.319 e. The fourth-order valence-electron chi connectivity index (χ4n) is 5.91. The average Bonchev–Trinajstić information content (AvgIpc) is 3.54. The summed E-state index contributed by atoms with van der Waals surface area (Å²) in [5.74, 6) is 0.917. The fourth-order valence-corrected chi connectivity index (χ4v) is 8.08. The van der Waals surface area contributed by atoms with E-state index >= 15 is 0 Å². The van der Waals surface area contributed by atoms with Gasteiger partial charge in [-0.2, -0.15) is 51.7 Å². The second kappa shape index (κ2) is 10.8. The number of hydrogen-bond donors (Lipinski definition) is 0. The minimum Gasteiger partial charge on any atom is -0.319 e. The van der Waals surface area contributed by atoms with Gasteiger partial charge in [0, 0.05) is 38.5 Å². The van der Waals surface area contributed by atoms with Gasteiger partial charge in [-0.25, -0.2) is 4.98 Å². The molecule has 0 fully saturated rings. The van der Waals surface area contributed by atoms with Gasteiger partial charge in [-0.05, 0) is 69.0 Å². The molecule has 220 valence electrons. The van der Waals surface area contributed by atoms with E-state index in [0.29, 0.717) is 0 Å². The Balaban J connectivity index is 0.00000329. The third-order valence-electron chi connectivity index (χ3n) is 8.22. The Morgan fingerprint density at radius 1 is 0.767 bits per heavy atom. The summed E-state index contributed by atoms with van der Waals surface area (Å²) in [4.78, 5) is 9.80. The normalized spacial score (nSPS) is 13.4. The van der Waals surface area contributed by atoms with Crippen LogP contribution in [0.15, 0.2) is 97.2 Å². The zero-order valence-electron chi connectivity index (χ0n) is 25.3. The third kappa shape index (κ3) is 4.92. The van der Waals surface area contributed by atoms with Gasteiger partial charge in [0.15, 0.2) is 0 Å². The maximum absolute atomic E-state index is 5.04. The maximum Gasteiger partial charge on any atom is 0.145 e. The van der Waals surface area contributed by atoms with Crippen molar-refractivity contribution in [2.45, 2.75) is 46.3 Å². The Hall–Kier alpha value is -3.70. The molecular weight excluding hydrogens is 728 g/mol. The van der Waals surface area contributed by atoms with Crippen LogP contribution in [0.25, 0.3) is 27.6 Å². The number of para-hydroxylation sites is 3. The molecule has 6 aromatic rings. The molecule has 4 aromatic carbocycles. The van der Waals surface area contributed by atoms with Crippen LogP contribution >= 0.6 is 0 Å². The number of hydrogen-bond acceptors (Lipinski definition) is 3. The van der Waals surface area contributed by atoms with E-state index in [1.165, 1.54) is 26.7 Å². The summed E-state index contributed by atoms with van der Waals surface area (Å²) in [6, 6.07) is 39.8. The van der Waals surface area contributed by atoms with Gasteiger partial charge >= 0.3 is 0 Å². The van der Waals surface area contributed by atoms with Gasteiger partial charge in [-0.3, -0.25) is 0 Å². The molecule has 43 heavy (non-hydrogen) atoms. The number of pyridine rings is 1. The smallest absolute Gasteiger partial charge is 0.145 e. The summed E-state index contributed by atoms with van der Waals surface area (Å²) in [7, 11) is -2.21. The molecule has 0 amide bonds. The average molecular weight is 763 g/mol. The van der Waals surface area contributed by atoms with Crippen molar-refractivity contribution < 1.29 is 26.0 Å². The van der Waals surface area contributed by atoms with Gasteiger partial charge in [-0.1, -0.05) is 48.9 Å². The summed E-state index contributed by atoms with van der Waals surface area (Å²) < 4.78 is 2.26. The molecule has 7 heteroatoms. The zero-order chi connectivity index (χ0) is 29.2. The van der Waals surface area contributed by atoms with E-state index in [0.717, 1.165) is 33.9 Å². The zero-order valence-corrected chi connectivity index (χ0v) is 28.6. The number of hydroxylamine groups is 1. The summed E-state index contributed by atoms with van der Waals surface area (Å²) >= 11 is 0. The van der Waals surface area contributed by atoms with E-state index in [1.807, 2.05) is 17.3 Å². The van der Waals surface area contributed by atoms with Crippen LogP contribution in [-0.4, -0.2) is 28.1 Å². The molecule has 0 saturated carbocycles. The van der Waals surface area contributed by atoms with Crippen LogP contribution in [0.3, 0.4) is 0 Å². The number of fused-ring (bicyclic) bond motifs is 4. The van der Waals surface area contributed by atoms with Crippen molar-refractivity contribution in [2.75, 3.05) is 10.1 Å².